The minimum atomic E-state index is -1.35. The van der Waals surface area contributed by atoms with Crippen LogP contribution in [0.2, 0.25) is 0 Å². The van der Waals surface area contributed by atoms with Gasteiger partial charge in [-0.15, -0.1) is 0 Å². The highest BCUT2D eigenvalue weighted by molar-refractivity contribution is 9.10. The molecule has 0 saturated heterocycles. The number of alkyl halides is 1. The molecule has 1 fully saturated rings. The fourth-order valence-electron chi connectivity index (χ4n) is 4.50. The van der Waals surface area contributed by atoms with Crippen LogP contribution in [0.1, 0.15) is 52.8 Å². The van der Waals surface area contributed by atoms with E-state index in [0.29, 0.717) is 34.1 Å². The molecule has 1 aliphatic carbocycles. The first-order chi connectivity index (χ1) is 17.7. The molecule has 1 saturated carbocycles. The van der Waals surface area contributed by atoms with E-state index in [2.05, 4.69) is 36.5 Å². The zero-order valence-electron chi connectivity index (χ0n) is 20.0. The number of benzene rings is 2. The molecule has 37 heavy (non-hydrogen) atoms. The van der Waals surface area contributed by atoms with Gasteiger partial charge < -0.3 is 21.5 Å². The molecule has 1 aliphatic rings. The lowest BCUT2D eigenvalue weighted by molar-refractivity contribution is 0.0363. The van der Waals surface area contributed by atoms with Gasteiger partial charge in [-0.2, -0.15) is 0 Å². The summed E-state index contributed by atoms with van der Waals surface area (Å²) < 4.78 is 43.6. The topological polar surface area (TPSA) is 113 Å². The van der Waals surface area contributed by atoms with Gasteiger partial charge in [-0.3, -0.25) is 4.79 Å². The van der Waals surface area contributed by atoms with Crippen molar-refractivity contribution >= 4 is 27.7 Å². The van der Waals surface area contributed by atoms with Crippen molar-refractivity contribution in [1.29, 1.82) is 0 Å². The predicted molar refractivity (Wildman–Crippen MR) is 138 cm³/mol. The zero-order chi connectivity index (χ0) is 26.7. The van der Waals surface area contributed by atoms with Crippen LogP contribution in [-0.4, -0.2) is 46.8 Å². The number of nitrogens with one attached hydrogen (secondary N) is 2. The maximum Gasteiger partial charge on any atom is 0.254 e. The Morgan fingerprint density at radius 1 is 1.24 bits per heavy atom. The van der Waals surface area contributed by atoms with E-state index in [1.165, 1.54) is 30.5 Å². The first-order valence-corrected chi connectivity index (χ1v) is 12.6. The number of hydrogen-bond acceptors (Lipinski definition) is 6. The van der Waals surface area contributed by atoms with E-state index in [-0.39, 0.29) is 36.0 Å². The van der Waals surface area contributed by atoms with Crippen LogP contribution >= 0.6 is 15.9 Å². The fourth-order valence-corrected chi connectivity index (χ4v) is 4.99. The van der Waals surface area contributed by atoms with Crippen LogP contribution in [0.5, 0.6) is 0 Å². The number of aliphatic hydroxyl groups excluding tert-OH is 1. The Hall–Kier alpha value is -3.02. The number of aliphatic hydroxyl groups is 1. The van der Waals surface area contributed by atoms with E-state index in [9.17, 15) is 18.7 Å². The van der Waals surface area contributed by atoms with E-state index >= 15 is 4.39 Å². The summed E-state index contributed by atoms with van der Waals surface area (Å²) in [6.07, 6.45) is 0.105. The number of likely N-dealkylation sites (N-methyl/N-ethyl adjacent to an activating group) is 1. The van der Waals surface area contributed by atoms with Gasteiger partial charge in [-0.1, -0.05) is 22.0 Å². The average Bonchev–Trinajstić information content (AvgIpc) is 2.85. The lowest BCUT2D eigenvalue weighted by Crippen LogP contribution is -2.35. The molecule has 4 atom stereocenters. The Bertz CT molecular complexity index is 1270. The Morgan fingerprint density at radius 3 is 2.70 bits per heavy atom. The van der Waals surface area contributed by atoms with Crippen molar-refractivity contribution in [3.63, 3.8) is 0 Å². The van der Waals surface area contributed by atoms with E-state index in [4.69, 9.17) is 5.73 Å². The highest BCUT2D eigenvalue weighted by atomic mass is 79.9. The predicted octanol–water partition coefficient (Wildman–Crippen LogP) is 4.42. The second-order valence-corrected chi connectivity index (χ2v) is 10.0. The Morgan fingerprint density at radius 2 is 2.03 bits per heavy atom. The number of carbonyl (C=O) groups excluding carboxylic acids is 1. The summed E-state index contributed by atoms with van der Waals surface area (Å²) in [7, 11) is 1.69. The van der Waals surface area contributed by atoms with Crippen LogP contribution in [-0.2, 0) is 0 Å². The Kier molecular flexibility index (Phi) is 8.46. The number of aromatic nitrogens is 2. The van der Waals surface area contributed by atoms with Crippen LogP contribution in [0, 0.1) is 11.6 Å². The SMILES string of the molecule is CNCC(NC(=O)c1ccc(-c2nc([C@@H]3CC[C@@H](O)[C@@H](F)C3)cnc2N)cc1F)c1cc(F)cc(Br)c1. The number of anilines is 1. The number of halogens is 4. The van der Waals surface area contributed by atoms with Crippen LogP contribution < -0.4 is 16.4 Å². The molecule has 5 N–H and O–H groups in total. The van der Waals surface area contributed by atoms with Crippen molar-refractivity contribution in [2.75, 3.05) is 19.3 Å². The van der Waals surface area contributed by atoms with Gasteiger partial charge in [-0.05, 0) is 62.2 Å². The van der Waals surface area contributed by atoms with Crippen LogP contribution in [0.25, 0.3) is 11.3 Å². The second-order valence-electron chi connectivity index (χ2n) is 9.10. The van der Waals surface area contributed by atoms with E-state index in [0.717, 1.165) is 6.07 Å². The van der Waals surface area contributed by atoms with Crippen LogP contribution in [0.15, 0.2) is 47.1 Å². The maximum absolute atomic E-state index is 15.1. The molecule has 0 spiro atoms. The number of nitrogens with two attached hydrogens (primary N) is 1. The summed E-state index contributed by atoms with van der Waals surface area (Å²) in [5.41, 5.74) is 7.36. The number of carbonyl (C=O) groups is 1. The molecule has 2 aromatic carbocycles. The maximum atomic E-state index is 15.1. The molecule has 0 aliphatic heterocycles. The molecule has 4 rings (SSSR count). The molecule has 1 amide bonds. The van der Waals surface area contributed by atoms with E-state index in [1.807, 2.05) is 0 Å². The smallest absolute Gasteiger partial charge is 0.254 e. The molecular formula is C26H27BrF3N5O2. The Labute approximate surface area is 220 Å². The third-order valence-corrected chi connectivity index (χ3v) is 6.92. The lowest BCUT2D eigenvalue weighted by Gasteiger charge is -2.28. The molecule has 1 unspecified atom stereocenters. The van der Waals surface area contributed by atoms with Crippen molar-refractivity contribution in [3.05, 3.63) is 75.5 Å². The minimum Gasteiger partial charge on any atom is -0.390 e. The van der Waals surface area contributed by atoms with E-state index < -0.39 is 35.9 Å². The molecule has 11 heteroatoms. The van der Waals surface area contributed by atoms with Crippen molar-refractivity contribution in [3.8, 4) is 11.3 Å². The van der Waals surface area contributed by atoms with Crippen molar-refractivity contribution < 1.29 is 23.1 Å². The van der Waals surface area contributed by atoms with Crippen molar-refractivity contribution in [2.45, 2.75) is 43.5 Å². The number of nitrogens with zero attached hydrogens (tertiary/aromatic N) is 2. The number of rotatable bonds is 7. The molecule has 0 radical (unpaired) electrons. The number of nitrogen functional groups attached to an aromatic ring is 1. The lowest BCUT2D eigenvalue weighted by atomic mass is 9.84. The summed E-state index contributed by atoms with van der Waals surface area (Å²) in [5, 5.41) is 15.3. The third kappa shape index (κ3) is 6.28. The molecule has 196 valence electrons. The normalized spacial score (nSPS) is 20.4. The van der Waals surface area contributed by atoms with Crippen LogP contribution in [0.3, 0.4) is 0 Å². The van der Waals surface area contributed by atoms with E-state index in [1.54, 1.807) is 13.1 Å². The average molecular weight is 578 g/mol. The second kappa shape index (κ2) is 11.6. The van der Waals surface area contributed by atoms with Crippen molar-refractivity contribution in [1.82, 2.24) is 20.6 Å². The van der Waals surface area contributed by atoms with Gasteiger partial charge in [-0.25, -0.2) is 23.1 Å². The molecule has 1 heterocycles. The summed E-state index contributed by atoms with van der Waals surface area (Å²) in [6, 6.07) is 7.65. The summed E-state index contributed by atoms with van der Waals surface area (Å²) in [4.78, 5) is 21.6. The van der Waals surface area contributed by atoms with Gasteiger partial charge >= 0.3 is 0 Å². The van der Waals surface area contributed by atoms with Gasteiger partial charge in [0.25, 0.3) is 5.91 Å². The van der Waals surface area contributed by atoms with Crippen molar-refractivity contribution in [2.24, 2.45) is 0 Å². The standard InChI is InChI=1S/C26H27BrF3N5O2/c1-32-11-21(15-6-16(27)10-17(28)7-15)35-26(37)18-4-2-14(9-19(18)29)24-25(31)33-12-22(34-24)13-3-5-23(36)20(30)8-13/h2,4,6-7,9-10,12-13,20-21,23,32,36H,3,5,8,11H2,1H3,(H2,31,33)(H,35,37)/t13-,20+,21?,23-/m1/s1. The molecule has 0 bridgehead atoms. The Balaban J connectivity index is 1.56. The monoisotopic (exact) mass is 577 g/mol. The fraction of sp³-hybridized carbons (Fsp3) is 0.346. The van der Waals surface area contributed by atoms with Gasteiger partial charge in [0.2, 0.25) is 0 Å². The molecule has 7 nitrogen and oxygen atoms in total. The summed E-state index contributed by atoms with van der Waals surface area (Å²) >= 11 is 3.24. The molecule has 3 aromatic rings. The van der Waals surface area contributed by atoms with Gasteiger partial charge in [0.05, 0.1) is 29.6 Å². The third-order valence-electron chi connectivity index (χ3n) is 6.46. The van der Waals surface area contributed by atoms with Crippen LogP contribution in [0.4, 0.5) is 19.0 Å². The quantitative estimate of drug-likeness (QED) is 0.330. The minimum absolute atomic E-state index is 0.0683. The largest absolute Gasteiger partial charge is 0.390 e. The number of hydrogen-bond donors (Lipinski definition) is 4. The zero-order valence-corrected chi connectivity index (χ0v) is 21.6. The summed E-state index contributed by atoms with van der Waals surface area (Å²) in [6.45, 7) is 0.290. The van der Waals surface area contributed by atoms with Gasteiger partial charge in [0.1, 0.15) is 29.3 Å². The molecule has 1 aromatic heterocycles. The van der Waals surface area contributed by atoms with Gasteiger partial charge in [0, 0.05) is 22.5 Å². The first kappa shape index (κ1) is 27.0. The highest BCUT2D eigenvalue weighted by Crippen LogP contribution is 2.35. The number of amides is 1. The first-order valence-electron chi connectivity index (χ1n) is 11.8. The highest BCUT2D eigenvalue weighted by Gasteiger charge is 2.31. The van der Waals surface area contributed by atoms with Gasteiger partial charge in [0.15, 0.2) is 0 Å². The molecular weight excluding hydrogens is 551 g/mol. The summed E-state index contributed by atoms with van der Waals surface area (Å²) in [5.74, 6) is -2.12.